The van der Waals surface area contributed by atoms with Crippen molar-refractivity contribution in [1.82, 2.24) is 4.90 Å². The zero-order valence-electron chi connectivity index (χ0n) is 13.3. The maximum absolute atomic E-state index is 12.1. The minimum atomic E-state index is -0.357. The Balaban J connectivity index is 4.84. The summed E-state index contributed by atoms with van der Waals surface area (Å²) < 4.78 is 0. The van der Waals surface area contributed by atoms with Gasteiger partial charge in [0.05, 0.1) is 13.1 Å². The van der Waals surface area contributed by atoms with Crippen LogP contribution in [0.15, 0.2) is 0 Å². The number of carbonyl (C=O) groups is 2. The molecule has 0 aromatic carbocycles. The van der Waals surface area contributed by atoms with Crippen molar-refractivity contribution in [1.29, 1.82) is 0 Å². The van der Waals surface area contributed by atoms with E-state index in [0.717, 1.165) is 0 Å². The Morgan fingerprint density at radius 1 is 0.944 bits per heavy atom. The molecule has 0 aromatic heterocycles. The third-order valence-corrected chi connectivity index (χ3v) is 3.11. The van der Waals surface area contributed by atoms with Gasteiger partial charge in [-0.25, -0.2) is 0 Å². The Kier molecular flexibility index (Phi) is 5.73. The number of hydrogen-bond acceptors (Lipinski definition) is 3. The average molecular weight is 255 g/mol. The van der Waals surface area contributed by atoms with Crippen LogP contribution >= 0.6 is 0 Å². The summed E-state index contributed by atoms with van der Waals surface area (Å²) in [6.07, 6.45) is 0. The normalized spacial score (nSPS) is 13.2. The topological polar surface area (TPSA) is 37.4 Å². The van der Waals surface area contributed by atoms with Gasteiger partial charge in [0.1, 0.15) is 5.78 Å². The highest BCUT2D eigenvalue weighted by atomic mass is 16.1. The van der Waals surface area contributed by atoms with Crippen molar-refractivity contribution in [2.45, 2.75) is 60.9 Å². The lowest BCUT2D eigenvalue weighted by Crippen LogP contribution is -2.49. The zero-order chi connectivity index (χ0) is 14.7. The molecule has 0 atom stereocenters. The van der Waals surface area contributed by atoms with Crippen LogP contribution in [0.25, 0.3) is 0 Å². The highest BCUT2D eigenvalue weighted by Gasteiger charge is 2.30. The average Bonchev–Trinajstić information content (AvgIpc) is 2.12. The molecule has 0 saturated heterocycles. The number of Topliss-reactive ketones (excluding diaryl/α,β-unsaturated/α-hetero) is 2. The predicted molar refractivity (Wildman–Crippen MR) is 75.6 cm³/mol. The van der Waals surface area contributed by atoms with Crippen LogP contribution in [0.2, 0.25) is 0 Å². The maximum Gasteiger partial charge on any atom is 0.152 e. The highest BCUT2D eigenvalue weighted by molar-refractivity contribution is 5.87. The van der Waals surface area contributed by atoms with Gasteiger partial charge in [-0.3, -0.25) is 14.5 Å². The van der Waals surface area contributed by atoms with E-state index in [9.17, 15) is 9.59 Å². The third kappa shape index (κ3) is 5.76. The van der Waals surface area contributed by atoms with Gasteiger partial charge in [-0.1, -0.05) is 34.6 Å². The predicted octanol–water partition coefficient (Wildman–Crippen LogP) is 2.93. The number of carbonyl (C=O) groups excluding carboxylic acids is 2. The molecule has 0 heterocycles. The maximum atomic E-state index is 12.1. The van der Waals surface area contributed by atoms with E-state index in [0.29, 0.717) is 13.1 Å². The van der Waals surface area contributed by atoms with Crippen LogP contribution in [0.3, 0.4) is 0 Å². The smallest absolute Gasteiger partial charge is 0.152 e. The molecule has 0 fully saturated rings. The Labute approximate surface area is 112 Å². The fourth-order valence-electron chi connectivity index (χ4n) is 1.31. The van der Waals surface area contributed by atoms with Gasteiger partial charge < -0.3 is 0 Å². The fraction of sp³-hybridized carbons (Fsp3) is 0.867. The molecule has 0 aliphatic carbocycles. The Hall–Kier alpha value is -0.700. The summed E-state index contributed by atoms with van der Waals surface area (Å²) >= 11 is 0. The van der Waals surface area contributed by atoms with Crippen LogP contribution in [0.5, 0.6) is 0 Å². The quantitative estimate of drug-likeness (QED) is 0.758. The minimum absolute atomic E-state index is 0.0135. The van der Waals surface area contributed by atoms with E-state index in [4.69, 9.17) is 0 Å². The van der Waals surface area contributed by atoms with Gasteiger partial charge in [0.15, 0.2) is 5.78 Å². The second kappa shape index (κ2) is 5.96. The zero-order valence-corrected chi connectivity index (χ0v) is 13.3. The lowest BCUT2D eigenvalue weighted by Gasteiger charge is -2.36. The molecular weight excluding hydrogens is 226 g/mol. The van der Waals surface area contributed by atoms with E-state index < -0.39 is 0 Å². The van der Waals surface area contributed by atoms with Crippen LogP contribution in [0, 0.1) is 11.3 Å². The van der Waals surface area contributed by atoms with E-state index in [1.54, 1.807) is 0 Å². The van der Waals surface area contributed by atoms with Crippen molar-refractivity contribution < 1.29 is 9.59 Å². The molecule has 0 bridgehead atoms. The molecule has 0 radical (unpaired) electrons. The van der Waals surface area contributed by atoms with Crippen LogP contribution in [0.1, 0.15) is 55.4 Å². The molecule has 0 rings (SSSR count). The van der Waals surface area contributed by atoms with E-state index in [2.05, 4.69) is 0 Å². The van der Waals surface area contributed by atoms with E-state index in [-0.39, 0.29) is 28.4 Å². The van der Waals surface area contributed by atoms with Gasteiger partial charge in [-0.2, -0.15) is 0 Å². The second-order valence-electron chi connectivity index (χ2n) is 7.32. The lowest BCUT2D eigenvalue weighted by molar-refractivity contribution is -0.131. The van der Waals surface area contributed by atoms with Gasteiger partial charge in [0.25, 0.3) is 0 Å². The molecule has 0 amide bonds. The molecule has 0 aromatic rings. The summed E-state index contributed by atoms with van der Waals surface area (Å²) in [5.41, 5.74) is -0.532. The fourth-order valence-corrected chi connectivity index (χ4v) is 1.31. The third-order valence-electron chi connectivity index (χ3n) is 3.11. The largest absolute Gasteiger partial charge is 0.298 e. The van der Waals surface area contributed by atoms with E-state index in [1.165, 1.54) is 0 Å². The van der Waals surface area contributed by atoms with Crippen LogP contribution in [-0.2, 0) is 9.59 Å². The van der Waals surface area contributed by atoms with Crippen molar-refractivity contribution >= 4 is 11.6 Å². The molecule has 3 heteroatoms. The monoisotopic (exact) mass is 255 g/mol. The molecule has 18 heavy (non-hydrogen) atoms. The lowest BCUT2D eigenvalue weighted by atomic mass is 9.89. The van der Waals surface area contributed by atoms with E-state index in [1.807, 2.05) is 60.3 Å². The SMILES string of the molecule is CC(C)C(=O)CN(CC(=O)C(C)(C)C)C(C)(C)C. The van der Waals surface area contributed by atoms with Gasteiger partial charge in [0.2, 0.25) is 0 Å². The highest BCUT2D eigenvalue weighted by Crippen LogP contribution is 2.20. The van der Waals surface area contributed by atoms with Gasteiger partial charge >= 0.3 is 0 Å². The minimum Gasteiger partial charge on any atom is -0.298 e. The summed E-state index contributed by atoms with van der Waals surface area (Å²) in [5, 5.41) is 0. The summed E-state index contributed by atoms with van der Waals surface area (Å²) in [7, 11) is 0. The first kappa shape index (κ1) is 17.3. The molecule has 0 spiro atoms. The number of rotatable bonds is 5. The van der Waals surface area contributed by atoms with Gasteiger partial charge in [-0.05, 0) is 20.8 Å². The van der Waals surface area contributed by atoms with Crippen molar-refractivity contribution in [3.05, 3.63) is 0 Å². The molecule has 0 aliphatic heterocycles. The van der Waals surface area contributed by atoms with Gasteiger partial charge in [-0.15, -0.1) is 0 Å². The summed E-state index contributed by atoms with van der Waals surface area (Å²) in [5.74, 6) is 0.375. The number of ketones is 2. The first-order chi connectivity index (χ1) is 7.85. The number of nitrogens with zero attached hydrogens (tertiary/aromatic N) is 1. The van der Waals surface area contributed by atoms with Crippen molar-refractivity contribution in [2.24, 2.45) is 11.3 Å². The summed E-state index contributed by atoms with van der Waals surface area (Å²) in [4.78, 5) is 26.0. The Bertz CT molecular complexity index is 305. The number of hydrogen-bond donors (Lipinski definition) is 0. The molecule has 0 unspecified atom stereocenters. The van der Waals surface area contributed by atoms with Crippen molar-refractivity contribution in [3.8, 4) is 0 Å². The molecule has 0 aliphatic rings. The first-order valence-corrected chi connectivity index (χ1v) is 6.66. The van der Waals surface area contributed by atoms with Crippen LogP contribution in [0.4, 0.5) is 0 Å². The molecular formula is C15H29NO2. The standard InChI is InChI=1S/C15H29NO2/c1-11(2)12(17)9-16(15(6,7)8)10-13(18)14(3,4)5/h11H,9-10H2,1-8H3. The second-order valence-corrected chi connectivity index (χ2v) is 7.32. The summed E-state index contributed by atoms with van der Waals surface area (Å²) in [6, 6.07) is 0. The van der Waals surface area contributed by atoms with Crippen LogP contribution in [-0.4, -0.2) is 35.1 Å². The molecule has 0 N–H and O–H groups in total. The van der Waals surface area contributed by atoms with Crippen LogP contribution < -0.4 is 0 Å². The molecule has 0 saturated carbocycles. The molecule has 106 valence electrons. The van der Waals surface area contributed by atoms with Crippen molar-refractivity contribution in [3.63, 3.8) is 0 Å². The van der Waals surface area contributed by atoms with E-state index >= 15 is 0 Å². The van der Waals surface area contributed by atoms with Crippen molar-refractivity contribution in [2.75, 3.05) is 13.1 Å². The summed E-state index contributed by atoms with van der Waals surface area (Å²) in [6.45, 7) is 16.4. The van der Waals surface area contributed by atoms with Gasteiger partial charge in [0, 0.05) is 16.9 Å². The Morgan fingerprint density at radius 3 is 1.67 bits per heavy atom. The Morgan fingerprint density at radius 2 is 1.39 bits per heavy atom. The first-order valence-electron chi connectivity index (χ1n) is 6.66. The molecule has 3 nitrogen and oxygen atoms in total.